The molecule has 0 saturated heterocycles. The molecule has 3 nitrogen and oxygen atoms in total. The van der Waals surface area contributed by atoms with Gasteiger partial charge in [-0.2, -0.15) is 0 Å². The van der Waals surface area contributed by atoms with Crippen LogP contribution < -0.4 is 0 Å². The van der Waals surface area contributed by atoms with Gasteiger partial charge in [0.25, 0.3) is 0 Å². The monoisotopic (exact) mass is 495 g/mol. The van der Waals surface area contributed by atoms with Crippen LogP contribution in [0.1, 0.15) is 53.2 Å². The van der Waals surface area contributed by atoms with E-state index in [9.17, 15) is 9.00 Å². The normalized spacial score (nSPS) is 13.6. The Morgan fingerprint density at radius 3 is 2.00 bits per heavy atom. The van der Waals surface area contributed by atoms with Gasteiger partial charge in [-0.25, -0.2) is 4.21 Å². The van der Waals surface area contributed by atoms with Crippen molar-refractivity contribution in [3.8, 4) is 0 Å². The molecule has 0 aliphatic rings. The van der Waals surface area contributed by atoms with E-state index in [0.29, 0.717) is 16.3 Å². The lowest BCUT2D eigenvalue weighted by Gasteiger charge is -2.27. The summed E-state index contributed by atoms with van der Waals surface area (Å²) in [5.74, 6) is -0.563. The van der Waals surface area contributed by atoms with Crippen LogP contribution in [-0.4, -0.2) is 14.7 Å². The summed E-state index contributed by atoms with van der Waals surface area (Å²) in [5, 5.41) is 0.502. The Hall–Kier alpha value is -3.50. The number of nitrogens with zero attached hydrogens (tertiary/aromatic N) is 1. The number of hydrogen-bond donors (Lipinski definition) is 0. The summed E-state index contributed by atoms with van der Waals surface area (Å²) < 4.78 is 15.1. The number of benzene rings is 3. The van der Waals surface area contributed by atoms with Gasteiger partial charge in [-0.15, -0.1) is 0 Å². The number of allylic oxidation sites excluding steroid dienone is 2. The van der Waals surface area contributed by atoms with Gasteiger partial charge in [0.05, 0.1) is 5.92 Å². The van der Waals surface area contributed by atoms with Crippen LogP contribution in [0.15, 0.2) is 119 Å². The maximum Gasteiger partial charge on any atom is 0.235 e. The highest BCUT2D eigenvalue weighted by molar-refractivity contribution is 7.85. The van der Waals surface area contributed by atoms with Gasteiger partial charge in [-0.05, 0) is 69.5 Å². The molecule has 0 unspecified atom stereocenters. The summed E-state index contributed by atoms with van der Waals surface area (Å²) in [6.45, 7) is 8.18. The quantitative estimate of drug-likeness (QED) is 0.235. The molecule has 0 fully saturated rings. The van der Waals surface area contributed by atoms with Crippen LogP contribution in [0.2, 0.25) is 0 Å². The second-order valence-electron chi connectivity index (χ2n) is 9.56. The molecule has 0 N–H and O–H groups in total. The number of hydrogen-bond acceptors (Lipinski definition) is 2. The van der Waals surface area contributed by atoms with E-state index in [0.717, 1.165) is 16.7 Å². The molecule has 0 amide bonds. The van der Waals surface area contributed by atoms with Gasteiger partial charge in [0, 0.05) is 17.0 Å². The van der Waals surface area contributed by atoms with Gasteiger partial charge in [0.15, 0.2) is 0 Å². The van der Waals surface area contributed by atoms with Crippen LogP contribution in [0.3, 0.4) is 0 Å². The zero-order chi connectivity index (χ0) is 25.7. The predicted octanol–water partition coefficient (Wildman–Crippen LogP) is 7.72. The Morgan fingerprint density at radius 2 is 1.39 bits per heavy atom. The fraction of sp³-hybridized carbons (Fsp3) is 0.219. The Balaban J connectivity index is 1.80. The van der Waals surface area contributed by atoms with E-state index in [1.165, 1.54) is 11.1 Å². The standard InChI is InChI=1S/C32H33NO2S/c1-23(2)12-21-29(31(26-9-6-5-7-10-26)27-17-13-24(3)14-18-27)32(34)33-22-8-11-30(33)36(35)28-19-15-25(4)16-20-28/h5-20,22,29,31H,21H2,1-4H3/t29-,31-,36+/m1/s1. The fourth-order valence-electron chi connectivity index (χ4n) is 4.49. The van der Waals surface area contributed by atoms with Crippen molar-refractivity contribution in [1.82, 2.24) is 4.57 Å². The summed E-state index contributed by atoms with van der Waals surface area (Å²) in [6.07, 6.45) is 4.46. The van der Waals surface area contributed by atoms with Crippen LogP contribution >= 0.6 is 0 Å². The molecule has 0 spiro atoms. The summed E-state index contributed by atoms with van der Waals surface area (Å²) in [4.78, 5) is 15.0. The number of aromatic nitrogens is 1. The Labute approximate surface area is 217 Å². The summed E-state index contributed by atoms with van der Waals surface area (Å²) in [6, 6.07) is 29.9. The highest BCUT2D eigenvalue weighted by Gasteiger charge is 2.32. The molecule has 3 aromatic carbocycles. The first-order valence-corrected chi connectivity index (χ1v) is 13.4. The maximum atomic E-state index is 14.3. The van der Waals surface area contributed by atoms with Gasteiger partial charge < -0.3 is 0 Å². The van der Waals surface area contributed by atoms with Gasteiger partial charge >= 0.3 is 0 Å². The van der Waals surface area contributed by atoms with Crippen molar-refractivity contribution >= 4 is 16.7 Å². The molecule has 0 radical (unpaired) electrons. The lowest BCUT2D eigenvalue weighted by Crippen LogP contribution is -2.29. The van der Waals surface area contributed by atoms with Gasteiger partial charge in [0.2, 0.25) is 5.91 Å². The Morgan fingerprint density at radius 1 is 0.806 bits per heavy atom. The van der Waals surface area contributed by atoms with Gasteiger partial charge in [-0.1, -0.05) is 89.5 Å². The molecule has 184 valence electrons. The van der Waals surface area contributed by atoms with Crippen molar-refractivity contribution in [2.24, 2.45) is 5.92 Å². The first-order chi connectivity index (χ1) is 17.3. The molecule has 0 aliphatic carbocycles. The minimum atomic E-state index is -1.46. The average molecular weight is 496 g/mol. The van der Waals surface area contributed by atoms with E-state index in [2.05, 4.69) is 63.2 Å². The van der Waals surface area contributed by atoms with Gasteiger partial charge in [0.1, 0.15) is 15.8 Å². The van der Waals surface area contributed by atoms with E-state index >= 15 is 0 Å². The molecule has 36 heavy (non-hydrogen) atoms. The minimum Gasteiger partial charge on any atom is -0.279 e. The Bertz CT molecular complexity index is 1360. The van der Waals surface area contributed by atoms with E-state index in [1.54, 1.807) is 22.9 Å². The molecule has 0 aliphatic heterocycles. The lowest BCUT2D eigenvalue weighted by atomic mass is 9.78. The summed E-state index contributed by atoms with van der Waals surface area (Å²) >= 11 is 0. The first kappa shape index (κ1) is 25.6. The number of carbonyl (C=O) groups excluding carboxylic acids is 1. The third-order valence-electron chi connectivity index (χ3n) is 6.47. The van der Waals surface area contributed by atoms with Crippen molar-refractivity contribution in [2.45, 2.75) is 50.0 Å². The largest absolute Gasteiger partial charge is 0.279 e. The molecular formula is C32H33NO2S. The third-order valence-corrected chi connectivity index (χ3v) is 7.88. The number of carbonyl (C=O) groups is 1. The summed E-state index contributed by atoms with van der Waals surface area (Å²) in [7, 11) is -1.46. The zero-order valence-corrected chi connectivity index (χ0v) is 22.2. The molecule has 4 rings (SSSR count). The second-order valence-corrected chi connectivity index (χ2v) is 11.0. The highest BCUT2D eigenvalue weighted by atomic mass is 32.2. The highest BCUT2D eigenvalue weighted by Crippen LogP contribution is 2.36. The van der Waals surface area contributed by atoms with Crippen molar-refractivity contribution < 1.29 is 9.00 Å². The third kappa shape index (κ3) is 5.83. The second kappa shape index (κ2) is 11.5. The van der Waals surface area contributed by atoms with Crippen molar-refractivity contribution in [3.63, 3.8) is 0 Å². The lowest BCUT2D eigenvalue weighted by molar-refractivity contribution is 0.0812. The molecule has 4 heteroatoms. The van der Waals surface area contributed by atoms with Crippen molar-refractivity contribution in [2.75, 3.05) is 0 Å². The summed E-state index contributed by atoms with van der Waals surface area (Å²) in [5.41, 5.74) is 5.64. The van der Waals surface area contributed by atoms with Crippen LogP contribution in [0.5, 0.6) is 0 Å². The van der Waals surface area contributed by atoms with Crippen molar-refractivity contribution in [1.29, 1.82) is 0 Å². The molecular weight excluding hydrogens is 462 g/mol. The van der Waals surface area contributed by atoms with E-state index in [-0.39, 0.29) is 17.7 Å². The maximum absolute atomic E-state index is 14.3. The SMILES string of the molecule is CC(C)=CC[C@@H](C(=O)n1cccc1[S@@](=O)c1ccc(C)cc1)[C@H](c1ccccc1)c1ccc(C)cc1. The smallest absolute Gasteiger partial charge is 0.235 e. The van der Waals surface area contributed by atoms with Crippen molar-refractivity contribution in [3.05, 3.63) is 131 Å². The molecule has 0 bridgehead atoms. The van der Waals surface area contributed by atoms with Gasteiger partial charge in [-0.3, -0.25) is 9.36 Å². The molecule has 1 heterocycles. The van der Waals surface area contributed by atoms with Crippen LogP contribution in [0.25, 0.3) is 0 Å². The van der Waals surface area contributed by atoms with E-state index in [4.69, 9.17) is 0 Å². The predicted molar refractivity (Wildman–Crippen MR) is 148 cm³/mol. The molecule has 4 aromatic rings. The minimum absolute atomic E-state index is 0.0533. The zero-order valence-electron chi connectivity index (χ0n) is 21.3. The Kier molecular flexibility index (Phi) is 8.17. The molecule has 1 aromatic heterocycles. The van der Waals surface area contributed by atoms with Crippen LogP contribution in [-0.2, 0) is 10.8 Å². The number of aryl methyl sites for hydroxylation is 2. The molecule has 0 saturated carbocycles. The average Bonchev–Trinajstić information content (AvgIpc) is 3.37. The van der Waals surface area contributed by atoms with Crippen LogP contribution in [0.4, 0.5) is 0 Å². The van der Waals surface area contributed by atoms with E-state index in [1.807, 2.05) is 49.4 Å². The topological polar surface area (TPSA) is 39.1 Å². The van der Waals surface area contributed by atoms with Crippen LogP contribution in [0, 0.1) is 19.8 Å². The first-order valence-electron chi connectivity index (χ1n) is 12.3. The fourth-order valence-corrected chi connectivity index (χ4v) is 5.65. The number of rotatable bonds is 8. The molecule has 3 atom stereocenters. The van der Waals surface area contributed by atoms with E-state index < -0.39 is 10.8 Å².